The van der Waals surface area contributed by atoms with Gasteiger partial charge in [0.05, 0.1) is 10.6 Å². The largest absolute Gasteiger partial charge is 0.573 e. The molecule has 1 aliphatic heterocycles. The first-order chi connectivity index (χ1) is 19.6. The molecule has 1 fully saturated rings. The number of alkyl halides is 3. The molecule has 42 heavy (non-hydrogen) atoms. The van der Waals surface area contributed by atoms with Gasteiger partial charge in [0.25, 0.3) is 15.9 Å². The molecule has 4 rings (SSSR count). The van der Waals surface area contributed by atoms with Gasteiger partial charge in [-0.25, -0.2) is 8.42 Å². The maximum atomic E-state index is 13.0. The first-order valence-corrected chi connectivity index (χ1v) is 14.8. The summed E-state index contributed by atoms with van der Waals surface area (Å²) < 4.78 is 75.3. The molecule has 13 heteroatoms. The van der Waals surface area contributed by atoms with E-state index in [1.807, 2.05) is 0 Å². The number of amides is 1. The number of anilines is 1. The number of ether oxygens (including phenoxy) is 2. The van der Waals surface area contributed by atoms with E-state index in [1.54, 1.807) is 12.1 Å². The van der Waals surface area contributed by atoms with Gasteiger partial charge in [-0.3, -0.25) is 9.52 Å². The molecule has 0 bridgehead atoms. The van der Waals surface area contributed by atoms with Crippen LogP contribution in [0.5, 0.6) is 17.2 Å². The van der Waals surface area contributed by atoms with E-state index >= 15 is 0 Å². The lowest BCUT2D eigenvalue weighted by molar-refractivity contribution is -0.274. The van der Waals surface area contributed by atoms with Gasteiger partial charge in [-0.15, -0.1) is 25.6 Å². The molecule has 228 valence electrons. The van der Waals surface area contributed by atoms with Gasteiger partial charge in [0.1, 0.15) is 11.5 Å². The summed E-state index contributed by atoms with van der Waals surface area (Å²) >= 11 is 0. The number of nitrogens with one attached hydrogen (secondary N) is 3. The minimum Gasteiger partial charge on any atom is -0.455 e. The van der Waals surface area contributed by atoms with E-state index in [0.29, 0.717) is 12.1 Å². The van der Waals surface area contributed by atoms with E-state index in [-0.39, 0.29) is 40.4 Å². The van der Waals surface area contributed by atoms with Gasteiger partial charge < -0.3 is 20.1 Å². The van der Waals surface area contributed by atoms with E-state index in [0.717, 1.165) is 50.4 Å². The Morgan fingerprint density at radius 2 is 1.55 bits per heavy atom. The average molecular weight is 628 g/mol. The predicted molar refractivity (Wildman–Crippen MR) is 156 cm³/mol. The summed E-state index contributed by atoms with van der Waals surface area (Å²) in [6, 6.07) is 16.5. The number of halogens is 4. The standard InChI is InChI=1S/C29H32F3N3O5S.ClH/c30-29(31,32)40-24-12-10-23(11-13-24)39-27-7-2-1-6-26(27)35-41(37,38)25-14-8-22(9-15-25)28(36)34-18-4-3-5-21-16-19-33-20-17-21;/h1-2,6-15,21,33,35H,3-5,16-20H2,(H,34,36);1H. The van der Waals surface area contributed by atoms with Crippen molar-refractivity contribution in [2.45, 2.75) is 43.4 Å². The molecule has 0 unspecified atom stereocenters. The van der Waals surface area contributed by atoms with Gasteiger partial charge >= 0.3 is 6.36 Å². The van der Waals surface area contributed by atoms with Crippen LogP contribution in [0.1, 0.15) is 42.5 Å². The second kappa shape index (κ2) is 15.1. The monoisotopic (exact) mass is 627 g/mol. The predicted octanol–water partition coefficient (Wildman–Crippen LogP) is 6.50. The van der Waals surface area contributed by atoms with Crippen molar-refractivity contribution in [3.8, 4) is 17.2 Å². The molecule has 1 heterocycles. The Labute approximate surface area is 249 Å². The number of carbonyl (C=O) groups excluding carboxylic acids is 1. The minimum atomic E-state index is -4.82. The quantitative estimate of drug-likeness (QED) is 0.198. The lowest BCUT2D eigenvalue weighted by Gasteiger charge is -2.22. The summed E-state index contributed by atoms with van der Waals surface area (Å²) in [4.78, 5) is 12.4. The molecule has 3 aromatic carbocycles. The van der Waals surface area contributed by atoms with Crippen molar-refractivity contribution in [1.29, 1.82) is 0 Å². The summed E-state index contributed by atoms with van der Waals surface area (Å²) in [7, 11) is -4.04. The normalized spacial score (nSPS) is 14.0. The number of hydrogen-bond acceptors (Lipinski definition) is 6. The van der Waals surface area contributed by atoms with Crippen molar-refractivity contribution in [3.63, 3.8) is 0 Å². The van der Waals surface area contributed by atoms with Crippen LogP contribution in [0.4, 0.5) is 18.9 Å². The van der Waals surface area contributed by atoms with Crippen LogP contribution >= 0.6 is 12.4 Å². The molecule has 0 saturated carbocycles. The number of hydrogen-bond donors (Lipinski definition) is 3. The van der Waals surface area contributed by atoms with Gasteiger partial charge in [-0.05, 0) is 98.9 Å². The lowest BCUT2D eigenvalue weighted by Crippen LogP contribution is -2.28. The Morgan fingerprint density at radius 1 is 0.905 bits per heavy atom. The van der Waals surface area contributed by atoms with Gasteiger partial charge in [0.15, 0.2) is 5.75 Å². The highest BCUT2D eigenvalue weighted by atomic mass is 35.5. The van der Waals surface area contributed by atoms with Crippen molar-refractivity contribution >= 4 is 34.0 Å². The maximum absolute atomic E-state index is 13.0. The van der Waals surface area contributed by atoms with E-state index in [1.165, 1.54) is 61.4 Å². The number of carbonyl (C=O) groups is 1. The van der Waals surface area contributed by atoms with Crippen LogP contribution < -0.4 is 24.8 Å². The van der Waals surface area contributed by atoms with Crippen LogP contribution in [0.3, 0.4) is 0 Å². The van der Waals surface area contributed by atoms with Crippen molar-refractivity contribution in [2.24, 2.45) is 5.92 Å². The molecular formula is C29H33ClF3N3O5S. The topological polar surface area (TPSA) is 106 Å². The van der Waals surface area contributed by atoms with Crippen LogP contribution in [0, 0.1) is 5.92 Å². The summed E-state index contributed by atoms with van der Waals surface area (Å²) in [5, 5.41) is 6.24. The van der Waals surface area contributed by atoms with Crippen molar-refractivity contribution in [2.75, 3.05) is 24.4 Å². The third-order valence-electron chi connectivity index (χ3n) is 6.63. The molecule has 0 radical (unpaired) electrons. The number of piperidine rings is 1. The Hall–Kier alpha value is -3.48. The zero-order valence-corrected chi connectivity index (χ0v) is 24.3. The number of rotatable bonds is 12. The Balaban J connectivity index is 0.00000484. The Morgan fingerprint density at radius 3 is 2.21 bits per heavy atom. The van der Waals surface area contributed by atoms with E-state index < -0.39 is 22.1 Å². The van der Waals surface area contributed by atoms with Gasteiger partial charge in [-0.2, -0.15) is 0 Å². The number of para-hydroxylation sites is 2. The molecule has 0 aliphatic carbocycles. The van der Waals surface area contributed by atoms with Gasteiger partial charge in [0, 0.05) is 12.1 Å². The first kappa shape index (κ1) is 33.0. The second-order valence-electron chi connectivity index (χ2n) is 9.69. The van der Waals surface area contributed by atoms with E-state index in [2.05, 4.69) is 20.1 Å². The van der Waals surface area contributed by atoms with Crippen LogP contribution in [-0.2, 0) is 10.0 Å². The molecule has 3 aromatic rings. The fraction of sp³-hybridized carbons (Fsp3) is 0.345. The van der Waals surface area contributed by atoms with Crippen LogP contribution in [0.15, 0.2) is 77.7 Å². The average Bonchev–Trinajstić information content (AvgIpc) is 2.94. The highest BCUT2D eigenvalue weighted by Gasteiger charge is 2.31. The number of sulfonamides is 1. The third kappa shape index (κ3) is 10.1. The molecule has 1 amide bonds. The maximum Gasteiger partial charge on any atom is 0.573 e. The molecule has 0 atom stereocenters. The fourth-order valence-electron chi connectivity index (χ4n) is 4.50. The summed E-state index contributed by atoms with van der Waals surface area (Å²) in [6.07, 6.45) is 0.686. The van der Waals surface area contributed by atoms with Gasteiger partial charge in [0.2, 0.25) is 0 Å². The zero-order chi connectivity index (χ0) is 29.3. The Bertz CT molecular complexity index is 1400. The lowest BCUT2D eigenvalue weighted by atomic mass is 9.92. The summed E-state index contributed by atoms with van der Waals surface area (Å²) in [5.74, 6) is 0.379. The van der Waals surface area contributed by atoms with Crippen molar-refractivity contribution < 1.29 is 35.9 Å². The highest BCUT2D eigenvalue weighted by Crippen LogP contribution is 2.32. The third-order valence-corrected chi connectivity index (χ3v) is 8.01. The molecule has 0 spiro atoms. The molecular weight excluding hydrogens is 595 g/mol. The molecule has 1 aliphatic rings. The van der Waals surface area contributed by atoms with E-state index in [9.17, 15) is 26.4 Å². The number of benzene rings is 3. The second-order valence-corrected chi connectivity index (χ2v) is 11.4. The van der Waals surface area contributed by atoms with Crippen LogP contribution in [0.25, 0.3) is 0 Å². The van der Waals surface area contributed by atoms with Crippen molar-refractivity contribution in [3.05, 3.63) is 78.4 Å². The Kier molecular flexibility index (Phi) is 11.9. The summed E-state index contributed by atoms with van der Waals surface area (Å²) in [6.45, 7) is 2.70. The molecule has 0 aromatic heterocycles. The first-order valence-electron chi connectivity index (χ1n) is 13.3. The van der Waals surface area contributed by atoms with Crippen molar-refractivity contribution in [1.82, 2.24) is 10.6 Å². The number of unbranched alkanes of at least 4 members (excludes halogenated alkanes) is 1. The van der Waals surface area contributed by atoms with Crippen LogP contribution in [0.2, 0.25) is 0 Å². The van der Waals surface area contributed by atoms with Crippen LogP contribution in [-0.4, -0.2) is 40.3 Å². The SMILES string of the molecule is Cl.O=C(NCCCCC1CCNCC1)c1ccc(S(=O)(=O)Nc2ccccc2Oc2ccc(OC(F)(F)F)cc2)cc1. The zero-order valence-electron chi connectivity index (χ0n) is 22.7. The molecule has 8 nitrogen and oxygen atoms in total. The smallest absolute Gasteiger partial charge is 0.455 e. The minimum absolute atomic E-state index is 0. The molecule has 1 saturated heterocycles. The summed E-state index contributed by atoms with van der Waals surface area (Å²) in [5.41, 5.74) is 0.471. The highest BCUT2D eigenvalue weighted by molar-refractivity contribution is 7.92. The molecule has 3 N–H and O–H groups in total. The fourth-order valence-corrected chi connectivity index (χ4v) is 5.57. The van der Waals surface area contributed by atoms with Gasteiger partial charge in [-0.1, -0.05) is 25.0 Å². The van der Waals surface area contributed by atoms with E-state index in [4.69, 9.17) is 4.74 Å².